The lowest BCUT2D eigenvalue weighted by atomic mass is 10.2. The van der Waals surface area contributed by atoms with E-state index in [1.54, 1.807) is 0 Å². The van der Waals surface area contributed by atoms with E-state index in [0.29, 0.717) is 25.7 Å². The summed E-state index contributed by atoms with van der Waals surface area (Å²) in [5.41, 5.74) is 6.38. The molecule has 0 fully saturated rings. The Morgan fingerprint density at radius 1 is 0.800 bits per heavy atom. The fraction of sp³-hybridized carbons (Fsp3) is 0.571. The van der Waals surface area contributed by atoms with Gasteiger partial charge in [-0.2, -0.15) is 0 Å². The average molecular weight is 315 g/mol. The van der Waals surface area contributed by atoms with E-state index in [4.69, 9.17) is 8.85 Å². The highest BCUT2D eigenvalue weighted by Gasteiger charge is 2.05. The Kier molecular flexibility index (Phi) is 11.0. The molecule has 0 saturated carbocycles. The van der Waals surface area contributed by atoms with Crippen LogP contribution in [0, 0.1) is 0 Å². The van der Waals surface area contributed by atoms with Crippen LogP contribution in [-0.4, -0.2) is 31.5 Å². The Balaban J connectivity index is 3.55. The number of hydrogen-bond acceptors (Lipinski definition) is 4. The van der Waals surface area contributed by atoms with Crippen LogP contribution in [0.25, 0.3) is 0 Å². The second kappa shape index (κ2) is 11.7. The topological polar surface area (TPSA) is 52.6 Å². The van der Waals surface area contributed by atoms with Gasteiger partial charge in [-0.1, -0.05) is 22.5 Å². The van der Waals surface area contributed by atoms with Gasteiger partial charge >= 0.3 is 0 Å². The Labute approximate surface area is 126 Å². The van der Waals surface area contributed by atoms with Gasteiger partial charge in [0, 0.05) is 12.8 Å². The third-order valence-corrected chi connectivity index (χ3v) is 5.43. The van der Waals surface area contributed by atoms with Crippen molar-refractivity contribution < 1.29 is 18.4 Å². The molecular weight excluding hydrogens is 288 g/mol. The molecule has 0 aromatic carbocycles. The minimum Gasteiger partial charge on any atom is -0.521 e. The molecule has 0 radical (unpaired) electrons. The first-order valence-electron chi connectivity index (χ1n) is 6.99. The number of carbonyl (C=O) groups is 2. The van der Waals surface area contributed by atoms with Crippen LogP contribution in [-0.2, 0) is 18.4 Å². The Morgan fingerprint density at radius 3 is 1.45 bits per heavy atom. The van der Waals surface area contributed by atoms with Crippen LogP contribution in [0.1, 0.15) is 53.4 Å². The highest BCUT2D eigenvalue weighted by molar-refractivity contribution is 6.37. The first-order chi connectivity index (χ1) is 9.41. The molecule has 0 aromatic heterocycles. The van der Waals surface area contributed by atoms with Gasteiger partial charge in [-0.25, -0.2) is 0 Å². The molecule has 6 heteroatoms. The van der Waals surface area contributed by atoms with E-state index >= 15 is 0 Å². The highest BCUT2D eigenvalue weighted by atomic mass is 28.2. The van der Waals surface area contributed by atoms with Crippen LogP contribution in [0.2, 0.25) is 0 Å². The quantitative estimate of drug-likeness (QED) is 0.480. The van der Waals surface area contributed by atoms with Gasteiger partial charge < -0.3 is 8.85 Å². The van der Waals surface area contributed by atoms with Gasteiger partial charge in [-0.3, -0.25) is 9.59 Å². The van der Waals surface area contributed by atoms with Crippen LogP contribution < -0.4 is 0 Å². The smallest absolute Gasteiger partial charge is 0.292 e. The summed E-state index contributed by atoms with van der Waals surface area (Å²) in [4.78, 5) is 22.8. The highest BCUT2D eigenvalue weighted by Crippen LogP contribution is 2.03. The summed E-state index contributed by atoms with van der Waals surface area (Å²) in [6, 6.07) is 0. The maximum atomic E-state index is 11.4. The molecule has 0 unspecified atom stereocenters. The van der Waals surface area contributed by atoms with E-state index in [1.807, 2.05) is 39.1 Å². The number of hydrogen-bond donors (Lipinski definition) is 0. The van der Waals surface area contributed by atoms with Gasteiger partial charge in [0.15, 0.2) is 0 Å². The molecule has 0 atom stereocenters. The normalized spacial score (nSPS) is 10.8. The zero-order valence-electron chi connectivity index (χ0n) is 13.0. The summed E-state index contributed by atoms with van der Waals surface area (Å²) in [6.45, 7) is 7.96. The summed E-state index contributed by atoms with van der Waals surface area (Å²) in [7, 11) is -1.71. The lowest BCUT2D eigenvalue weighted by molar-refractivity contribution is -0.136. The molecule has 0 heterocycles. The fourth-order valence-electron chi connectivity index (χ4n) is 1.29. The zero-order chi connectivity index (χ0) is 15.4. The van der Waals surface area contributed by atoms with Crippen molar-refractivity contribution in [2.75, 3.05) is 0 Å². The van der Waals surface area contributed by atoms with Gasteiger partial charge in [0.2, 0.25) is 19.5 Å². The van der Waals surface area contributed by atoms with Crippen molar-refractivity contribution in [2.45, 2.75) is 53.4 Å². The summed E-state index contributed by atoms with van der Waals surface area (Å²) in [6.07, 6.45) is 2.15. The molecule has 114 valence electrons. The van der Waals surface area contributed by atoms with Crippen LogP contribution in [0.5, 0.6) is 0 Å². The SMILES string of the molecule is CC(C)=C[SiH2]OC(=O)CCCCC(=O)O[SiH2]C=C(C)C. The van der Waals surface area contributed by atoms with Crippen LogP contribution in [0.15, 0.2) is 22.5 Å². The molecule has 0 amide bonds. The summed E-state index contributed by atoms with van der Waals surface area (Å²) in [5.74, 6) is -0.303. The van der Waals surface area contributed by atoms with E-state index in [1.165, 1.54) is 11.1 Å². The van der Waals surface area contributed by atoms with E-state index < -0.39 is 19.5 Å². The van der Waals surface area contributed by atoms with E-state index in [0.717, 1.165) is 0 Å². The van der Waals surface area contributed by atoms with Gasteiger partial charge in [0.1, 0.15) is 0 Å². The van der Waals surface area contributed by atoms with Crippen LogP contribution in [0.4, 0.5) is 0 Å². The molecule has 4 nitrogen and oxygen atoms in total. The number of carbonyl (C=O) groups excluding carboxylic acids is 2. The van der Waals surface area contributed by atoms with Gasteiger partial charge in [-0.15, -0.1) is 0 Å². The van der Waals surface area contributed by atoms with Crippen LogP contribution in [0.3, 0.4) is 0 Å². The number of unbranched alkanes of at least 4 members (excludes halogenated alkanes) is 1. The second-order valence-corrected chi connectivity index (χ2v) is 7.20. The van der Waals surface area contributed by atoms with Gasteiger partial charge in [0.25, 0.3) is 11.9 Å². The van der Waals surface area contributed by atoms with E-state index in [9.17, 15) is 9.59 Å². The predicted molar refractivity (Wildman–Crippen MR) is 86.6 cm³/mol. The fourth-order valence-corrected chi connectivity index (χ4v) is 2.78. The van der Waals surface area contributed by atoms with E-state index in [-0.39, 0.29) is 11.9 Å². The Hall–Kier alpha value is -1.15. The lowest BCUT2D eigenvalue weighted by Crippen LogP contribution is -2.09. The molecule has 0 saturated heterocycles. The Morgan fingerprint density at radius 2 is 1.15 bits per heavy atom. The molecule has 0 bridgehead atoms. The first kappa shape index (κ1) is 18.9. The minimum atomic E-state index is -0.857. The standard InChI is InChI=1S/C14H26O4Si2/c1-11(2)9-19-17-13(15)7-5-6-8-14(16)18-20-10-12(3)4/h9-10H,5-8,19-20H2,1-4H3. The van der Waals surface area contributed by atoms with Gasteiger partial charge in [-0.05, 0) is 40.5 Å². The molecule has 0 N–H and O–H groups in total. The first-order valence-corrected chi connectivity index (χ1v) is 9.78. The van der Waals surface area contributed by atoms with Crippen LogP contribution >= 0.6 is 0 Å². The average Bonchev–Trinajstić information content (AvgIpc) is 2.33. The van der Waals surface area contributed by atoms with Crippen molar-refractivity contribution >= 4 is 31.5 Å². The molecular formula is C14H26O4Si2. The molecule has 0 aliphatic heterocycles. The van der Waals surface area contributed by atoms with Crippen molar-refractivity contribution in [1.82, 2.24) is 0 Å². The zero-order valence-corrected chi connectivity index (χ0v) is 15.9. The molecule has 0 aromatic rings. The maximum absolute atomic E-state index is 11.4. The second-order valence-electron chi connectivity index (χ2n) is 5.14. The molecule has 0 aliphatic carbocycles. The summed E-state index contributed by atoms with van der Waals surface area (Å²) < 4.78 is 10.3. The number of rotatable bonds is 9. The van der Waals surface area contributed by atoms with Crippen molar-refractivity contribution in [1.29, 1.82) is 0 Å². The molecule has 20 heavy (non-hydrogen) atoms. The van der Waals surface area contributed by atoms with E-state index in [2.05, 4.69) is 0 Å². The van der Waals surface area contributed by atoms with Crippen molar-refractivity contribution in [3.8, 4) is 0 Å². The lowest BCUT2D eigenvalue weighted by Gasteiger charge is -2.04. The third kappa shape index (κ3) is 13.3. The minimum absolute atomic E-state index is 0.151. The summed E-state index contributed by atoms with van der Waals surface area (Å²) >= 11 is 0. The van der Waals surface area contributed by atoms with Crippen molar-refractivity contribution in [3.63, 3.8) is 0 Å². The number of allylic oxidation sites excluding steroid dienone is 2. The molecule has 0 rings (SSSR count). The Bertz CT molecular complexity index is 331. The maximum Gasteiger partial charge on any atom is 0.292 e. The largest absolute Gasteiger partial charge is 0.521 e. The predicted octanol–water partition coefficient (Wildman–Crippen LogP) is 1.65. The van der Waals surface area contributed by atoms with Crippen molar-refractivity contribution in [2.24, 2.45) is 0 Å². The molecule has 0 aliphatic rings. The van der Waals surface area contributed by atoms with Gasteiger partial charge in [0.05, 0.1) is 0 Å². The summed E-state index contributed by atoms with van der Waals surface area (Å²) in [5, 5.41) is 0. The monoisotopic (exact) mass is 314 g/mol. The van der Waals surface area contributed by atoms with Crippen molar-refractivity contribution in [3.05, 3.63) is 22.5 Å². The third-order valence-electron chi connectivity index (χ3n) is 2.48. The molecule has 0 spiro atoms.